The Kier molecular flexibility index (Phi) is 2.95. The number of aryl methyl sites for hydroxylation is 1. The number of hydrogen-bond acceptors (Lipinski definition) is 4. The first kappa shape index (κ1) is 10.9. The van der Waals surface area contributed by atoms with Crippen molar-refractivity contribution in [1.29, 1.82) is 0 Å². The maximum atomic E-state index is 10.8. The lowest BCUT2D eigenvalue weighted by atomic mass is 9.99. The molecule has 0 saturated carbocycles. The fourth-order valence-electron chi connectivity index (χ4n) is 1.53. The van der Waals surface area contributed by atoms with E-state index in [1.807, 2.05) is 6.08 Å². The highest BCUT2D eigenvalue weighted by molar-refractivity contribution is 7.86. The van der Waals surface area contributed by atoms with Crippen molar-refractivity contribution in [3.63, 3.8) is 0 Å². The van der Waals surface area contributed by atoms with Gasteiger partial charge in [0.15, 0.2) is 0 Å². The second kappa shape index (κ2) is 4.08. The summed E-state index contributed by atoms with van der Waals surface area (Å²) in [5.41, 5.74) is 2.40. The third kappa shape index (κ3) is 2.90. The molecule has 1 aliphatic carbocycles. The minimum absolute atomic E-state index is 0.191. The van der Waals surface area contributed by atoms with Gasteiger partial charge in [0.25, 0.3) is 10.1 Å². The molecule has 0 aliphatic heterocycles. The Morgan fingerprint density at radius 3 is 3.00 bits per heavy atom. The smallest absolute Gasteiger partial charge is 0.264 e. The fourth-order valence-corrected chi connectivity index (χ4v) is 2.83. The molecule has 5 heteroatoms. The van der Waals surface area contributed by atoms with Gasteiger partial charge in [-0.2, -0.15) is 8.42 Å². The summed E-state index contributed by atoms with van der Waals surface area (Å²) in [4.78, 5) is 1.23. The first-order chi connectivity index (χ1) is 7.04. The van der Waals surface area contributed by atoms with Gasteiger partial charge in [-0.25, -0.2) is 0 Å². The predicted octanol–water partition coefficient (Wildman–Crippen LogP) is 2.05. The molecule has 82 valence electrons. The molecule has 0 saturated heterocycles. The average molecular weight is 244 g/mol. The number of hydrogen-bond donors (Lipinski definition) is 0. The van der Waals surface area contributed by atoms with Crippen LogP contribution in [0.4, 0.5) is 0 Å². The normalized spacial score (nSPS) is 15.9. The van der Waals surface area contributed by atoms with Crippen LogP contribution in [-0.2, 0) is 20.7 Å². The Morgan fingerprint density at radius 1 is 1.47 bits per heavy atom. The van der Waals surface area contributed by atoms with Crippen molar-refractivity contribution in [1.82, 2.24) is 0 Å². The Balaban J connectivity index is 2.08. The molecule has 1 aromatic rings. The van der Waals surface area contributed by atoms with Crippen molar-refractivity contribution in [3.05, 3.63) is 27.5 Å². The molecule has 2 rings (SSSR count). The minimum Gasteiger partial charge on any atom is -0.266 e. The lowest BCUT2D eigenvalue weighted by Gasteiger charge is -2.12. The second-order valence-electron chi connectivity index (χ2n) is 3.58. The van der Waals surface area contributed by atoms with Crippen LogP contribution in [0, 0.1) is 0 Å². The third-order valence-electron chi connectivity index (χ3n) is 2.29. The lowest BCUT2D eigenvalue weighted by molar-refractivity contribution is 0.349. The van der Waals surface area contributed by atoms with Crippen LogP contribution in [0.5, 0.6) is 0 Å². The largest absolute Gasteiger partial charge is 0.266 e. The predicted molar refractivity (Wildman–Crippen MR) is 61.4 cm³/mol. The summed E-state index contributed by atoms with van der Waals surface area (Å²) in [5, 5.41) is 2.06. The fraction of sp³-hybridized carbons (Fsp3) is 0.400. The number of thiophene rings is 1. The molecule has 0 amide bonds. The standard InChI is InChI=1S/C10H12O3S2/c1-15(11,12)13-7-8-2-3-9-4-5-14-10(9)6-8/h4-6H,2-3,7H2,1H3. The van der Waals surface area contributed by atoms with Gasteiger partial charge < -0.3 is 0 Å². The lowest BCUT2D eigenvalue weighted by Crippen LogP contribution is -2.08. The van der Waals surface area contributed by atoms with Crippen LogP contribution in [0.25, 0.3) is 6.08 Å². The molecule has 0 atom stereocenters. The van der Waals surface area contributed by atoms with E-state index in [1.165, 1.54) is 10.4 Å². The van der Waals surface area contributed by atoms with Crippen molar-refractivity contribution in [3.8, 4) is 0 Å². The molecule has 0 aromatic carbocycles. The molecule has 1 heterocycles. The average Bonchev–Trinajstić information content (AvgIpc) is 2.60. The van der Waals surface area contributed by atoms with E-state index in [9.17, 15) is 8.42 Å². The third-order valence-corrected chi connectivity index (χ3v) is 3.74. The SMILES string of the molecule is CS(=O)(=O)OCC1=Cc2sccc2CC1. The highest BCUT2D eigenvalue weighted by Crippen LogP contribution is 2.28. The highest BCUT2D eigenvalue weighted by Gasteiger charge is 2.12. The van der Waals surface area contributed by atoms with Gasteiger partial charge in [0, 0.05) is 4.88 Å². The first-order valence-electron chi connectivity index (χ1n) is 4.65. The molecule has 0 bridgehead atoms. The van der Waals surface area contributed by atoms with E-state index in [0.717, 1.165) is 24.7 Å². The Morgan fingerprint density at radius 2 is 2.27 bits per heavy atom. The maximum Gasteiger partial charge on any atom is 0.264 e. The van der Waals surface area contributed by atoms with Crippen LogP contribution in [0.15, 0.2) is 17.0 Å². The van der Waals surface area contributed by atoms with Crippen LogP contribution in [0.1, 0.15) is 16.9 Å². The van der Waals surface area contributed by atoms with Gasteiger partial charge in [0.1, 0.15) is 0 Å². The van der Waals surface area contributed by atoms with Crippen LogP contribution in [0.3, 0.4) is 0 Å². The first-order valence-corrected chi connectivity index (χ1v) is 7.34. The monoisotopic (exact) mass is 244 g/mol. The summed E-state index contributed by atoms with van der Waals surface area (Å²) in [6.45, 7) is 0.191. The minimum atomic E-state index is -3.32. The molecule has 1 aliphatic rings. The van der Waals surface area contributed by atoms with Gasteiger partial charge in [0.2, 0.25) is 0 Å². The quantitative estimate of drug-likeness (QED) is 0.764. The van der Waals surface area contributed by atoms with E-state index in [-0.39, 0.29) is 6.61 Å². The summed E-state index contributed by atoms with van der Waals surface area (Å²) < 4.78 is 26.4. The Labute approximate surface area is 93.5 Å². The number of fused-ring (bicyclic) bond motifs is 1. The van der Waals surface area contributed by atoms with E-state index >= 15 is 0 Å². The van der Waals surface area contributed by atoms with Crippen LogP contribution < -0.4 is 0 Å². The Bertz CT molecular complexity index is 483. The highest BCUT2D eigenvalue weighted by atomic mass is 32.2. The molecule has 0 spiro atoms. The Hall–Kier alpha value is -0.650. The van der Waals surface area contributed by atoms with Crippen molar-refractivity contribution in [2.75, 3.05) is 12.9 Å². The van der Waals surface area contributed by atoms with Gasteiger partial charge in [-0.15, -0.1) is 11.3 Å². The van der Waals surface area contributed by atoms with Gasteiger partial charge in [-0.3, -0.25) is 4.18 Å². The van der Waals surface area contributed by atoms with E-state index in [1.54, 1.807) is 11.3 Å². The second-order valence-corrected chi connectivity index (χ2v) is 6.17. The van der Waals surface area contributed by atoms with Crippen molar-refractivity contribution < 1.29 is 12.6 Å². The molecule has 0 N–H and O–H groups in total. The molecular weight excluding hydrogens is 232 g/mol. The maximum absolute atomic E-state index is 10.8. The van der Waals surface area contributed by atoms with Crippen LogP contribution in [-0.4, -0.2) is 21.3 Å². The summed E-state index contributed by atoms with van der Waals surface area (Å²) in [7, 11) is -3.32. The molecule has 0 fully saturated rings. The van der Waals surface area contributed by atoms with E-state index in [0.29, 0.717) is 0 Å². The van der Waals surface area contributed by atoms with Crippen LogP contribution >= 0.6 is 11.3 Å². The number of rotatable bonds is 3. The zero-order valence-electron chi connectivity index (χ0n) is 8.39. The summed E-state index contributed by atoms with van der Waals surface area (Å²) >= 11 is 1.68. The van der Waals surface area contributed by atoms with Gasteiger partial charge in [0.05, 0.1) is 12.9 Å². The summed E-state index contributed by atoms with van der Waals surface area (Å²) in [6.07, 6.45) is 4.98. The van der Waals surface area contributed by atoms with Gasteiger partial charge >= 0.3 is 0 Å². The zero-order valence-corrected chi connectivity index (χ0v) is 10.0. The van der Waals surface area contributed by atoms with Crippen molar-refractivity contribution in [2.45, 2.75) is 12.8 Å². The summed E-state index contributed by atoms with van der Waals surface area (Å²) in [6, 6.07) is 2.12. The van der Waals surface area contributed by atoms with Gasteiger partial charge in [-0.05, 0) is 41.5 Å². The topological polar surface area (TPSA) is 43.4 Å². The van der Waals surface area contributed by atoms with Gasteiger partial charge in [-0.1, -0.05) is 0 Å². The molecule has 15 heavy (non-hydrogen) atoms. The molecule has 0 radical (unpaired) electrons. The summed E-state index contributed by atoms with van der Waals surface area (Å²) in [5.74, 6) is 0. The molecular formula is C10H12O3S2. The molecule has 1 aromatic heterocycles. The van der Waals surface area contributed by atoms with Crippen molar-refractivity contribution >= 4 is 27.5 Å². The molecule has 0 unspecified atom stereocenters. The van der Waals surface area contributed by atoms with E-state index < -0.39 is 10.1 Å². The van der Waals surface area contributed by atoms with E-state index in [2.05, 4.69) is 11.4 Å². The van der Waals surface area contributed by atoms with Crippen LogP contribution in [0.2, 0.25) is 0 Å². The zero-order chi connectivity index (χ0) is 10.9. The van der Waals surface area contributed by atoms with Crippen molar-refractivity contribution in [2.24, 2.45) is 0 Å². The molecule has 3 nitrogen and oxygen atoms in total. The van der Waals surface area contributed by atoms with E-state index in [4.69, 9.17) is 4.18 Å².